The maximum Gasteiger partial charge on any atom is 0.290 e. The van der Waals surface area contributed by atoms with Crippen molar-refractivity contribution in [1.82, 2.24) is 19.8 Å². The summed E-state index contributed by atoms with van der Waals surface area (Å²) in [6, 6.07) is 14.8. The maximum atomic E-state index is 12.3. The number of ether oxygens (including phenoxy) is 2. The van der Waals surface area contributed by atoms with Crippen LogP contribution < -0.4 is 15.0 Å². The summed E-state index contributed by atoms with van der Waals surface area (Å²) in [5, 5.41) is 12.5. The van der Waals surface area contributed by atoms with Crippen molar-refractivity contribution in [3.8, 4) is 22.8 Å². The van der Waals surface area contributed by atoms with Gasteiger partial charge < -0.3 is 9.47 Å². The number of halogens is 1. The van der Waals surface area contributed by atoms with Crippen LogP contribution in [0.15, 0.2) is 58.5 Å². The van der Waals surface area contributed by atoms with Crippen molar-refractivity contribution in [3.63, 3.8) is 0 Å². The molecule has 4 rings (SSSR count). The molecule has 0 bridgehead atoms. The summed E-state index contributed by atoms with van der Waals surface area (Å²) in [5.41, 5.74) is 2.50. The highest BCUT2D eigenvalue weighted by Crippen LogP contribution is 2.32. The van der Waals surface area contributed by atoms with Crippen LogP contribution in [-0.2, 0) is 5.75 Å². The van der Waals surface area contributed by atoms with Gasteiger partial charge in [-0.15, -0.1) is 5.10 Å². The second kappa shape index (κ2) is 8.18. The summed E-state index contributed by atoms with van der Waals surface area (Å²) in [6.07, 6.45) is 0. The Bertz CT molecular complexity index is 1240. The van der Waals surface area contributed by atoms with E-state index in [0.29, 0.717) is 38.6 Å². The molecule has 1 N–H and O–H groups in total. The Hall–Kier alpha value is -2.97. The number of methoxy groups -OCH3 is 2. The number of nitrogens with zero attached hydrogens (tertiary/aromatic N) is 3. The molecule has 148 valence electrons. The third-order valence-corrected chi connectivity index (χ3v) is 5.72. The summed E-state index contributed by atoms with van der Waals surface area (Å²) >= 11 is 7.67. The first-order chi connectivity index (χ1) is 14.1. The molecular formula is C20H17ClN4O3S. The molecule has 2 aromatic heterocycles. The molecule has 29 heavy (non-hydrogen) atoms. The number of hydrogen-bond donors (Lipinski definition) is 1. The Labute approximate surface area is 175 Å². The zero-order valence-corrected chi connectivity index (χ0v) is 17.3. The summed E-state index contributed by atoms with van der Waals surface area (Å²) in [7, 11) is 3.15. The molecule has 0 aliphatic carbocycles. The highest BCUT2D eigenvalue weighted by molar-refractivity contribution is 7.98. The van der Waals surface area contributed by atoms with Gasteiger partial charge in [0, 0.05) is 16.3 Å². The van der Waals surface area contributed by atoms with E-state index in [9.17, 15) is 4.79 Å². The summed E-state index contributed by atoms with van der Waals surface area (Å²) in [6.45, 7) is 0. The van der Waals surface area contributed by atoms with Crippen LogP contribution in [0.25, 0.3) is 16.8 Å². The van der Waals surface area contributed by atoms with Crippen molar-refractivity contribution in [2.75, 3.05) is 14.2 Å². The highest BCUT2D eigenvalue weighted by atomic mass is 35.5. The second-order valence-corrected chi connectivity index (χ2v) is 7.46. The number of benzene rings is 2. The molecular weight excluding hydrogens is 412 g/mol. The maximum absolute atomic E-state index is 12.3. The van der Waals surface area contributed by atoms with Crippen LogP contribution in [0.2, 0.25) is 5.02 Å². The fourth-order valence-corrected chi connectivity index (χ4v) is 4.07. The van der Waals surface area contributed by atoms with E-state index in [0.717, 1.165) is 11.1 Å². The van der Waals surface area contributed by atoms with Gasteiger partial charge in [-0.3, -0.25) is 4.79 Å². The molecule has 0 aliphatic rings. The van der Waals surface area contributed by atoms with Crippen LogP contribution in [0, 0.1) is 0 Å². The lowest BCUT2D eigenvalue weighted by Crippen LogP contribution is -2.13. The molecule has 9 heteroatoms. The molecule has 0 fully saturated rings. The van der Waals surface area contributed by atoms with Crippen LogP contribution in [0.1, 0.15) is 5.56 Å². The normalized spacial score (nSPS) is 11.0. The number of aromatic nitrogens is 4. The predicted octanol–water partition coefficient (Wildman–Crippen LogP) is 4.05. The molecule has 0 unspecified atom stereocenters. The topological polar surface area (TPSA) is 81.5 Å². The van der Waals surface area contributed by atoms with E-state index in [1.165, 1.54) is 11.8 Å². The van der Waals surface area contributed by atoms with Gasteiger partial charge in [0.05, 0.1) is 19.9 Å². The molecule has 0 spiro atoms. The first kappa shape index (κ1) is 19.4. The first-order valence-electron chi connectivity index (χ1n) is 8.67. The zero-order chi connectivity index (χ0) is 20.4. The van der Waals surface area contributed by atoms with Gasteiger partial charge in [0.1, 0.15) is 5.52 Å². The van der Waals surface area contributed by atoms with E-state index < -0.39 is 0 Å². The first-order valence-corrected chi connectivity index (χ1v) is 10.0. The van der Waals surface area contributed by atoms with Crippen molar-refractivity contribution in [1.29, 1.82) is 0 Å². The average Bonchev–Trinajstić information content (AvgIpc) is 3.20. The number of thioether (sulfide) groups is 1. The van der Waals surface area contributed by atoms with Gasteiger partial charge in [0.25, 0.3) is 5.56 Å². The van der Waals surface area contributed by atoms with E-state index in [2.05, 4.69) is 15.3 Å². The number of hydrogen-bond acceptors (Lipinski definition) is 6. The van der Waals surface area contributed by atoms with Crippen LogP contribution in [0.4, 0.5) is 0 Å². The minimum Gasteiger partial charge on any atom is -0.493 e. The zero-order valence-electron chi connectivity index (χ0n) is 15.7. The van der Waals surface area contributed by atoms with E-state index in [4.69, 9.17) is 21.1 Å². The molecule has 0 aliphatic heterocycles. The lowest BCUT2D eigenvalue weighted by Gasteiger charge is -2.08. The van der Waals surface area contributed by atoms with Crippen molar-refractivity contribution < 1.29 is 9.47 Å². The van der Waals surface area contributed by atoms with Crippen molar-refractivity contribution in [2.45, 2.75) is 10.9 Å². The summed E-state index contributed by atoms with van der Waals surface area (Å²) in [4.78, 5) is 12.3. The molecule has 0 saturated carbocycles. The third kappa shape index (κ3) is 3.81. The fraction of sp³-hybridized carbons (Fsp3) is 0.150. The van der Waals surface area contributed by atoms with Gasteiger partial charge in [-0.05, 0) is 35.9 Å². The van der Waals surface area contributed by atoms with Crippen LogP contribution in [0.3, 0.4) is 0 Å². The molecule has 4 aromatic rings. The van der Waals surface area contributed by atoms with Crippen molar-refractivity contribution in [2.24, 2.45) is 0 Å². The number of nitrogens with one attached hydrogen (secondary N) is 1. The Kier molecular flexibility index (Phi) is 5.46. The lowest BCUT2D eigenvalue weighted by molar-refractivity contribution is 0.355. The van der Waals surface area contributed by atoms with Crippen LogP contribution >= 0.6 is 23.4 Å². The SMILES string of the molecule is COc1ccc(-c2cc3c(=O)[nH]nc(SCc4ccccc4Cl)n3n2)cc1OC. The van der Waals surface area contributed by atoms with Gasteiger partial charge in [-0.1, -0.05) is 41.6 Å². The van der Waals surface area contributed by atoms with Crippen LogP contribution in [-0.4, -0.2) is 34.0 Å². The number of fused-ring (bicyclic) bond motifs is 1. The molecule has 7 nitrogen and oxygen atoms in total. The fourth-order valence-electron chi connectivity index (χ4n) is 2.88. The summed E-state index contributed by atoms with van der Waals surface area (Å²) < 4.78 is 12.2. The minimum absolute atomic E-state index is 0.314. The Morgan fingerprint density at radius 3 is 2.66 bits per heavy atom. The molecule has 0 atom stereocenters. The Morgan fingerprint density at radius 1 is 1.10 bits per heavy atom. The van der Waals surface area contributed by atoms with Gasteiger partial charge in [-0.25, -0.2) is 9.61 Å². The molecule has 0 amide bonds. The van der Waals surface area contributed by atoms with Crippen LogP contribution in [0.5, 0.6) is 11.5 Å². The van der Waals surface area contributed by atoms with Crippen molar-refractivity contribution >= 4 is 28.9 Å². The smallest absolute Gasteiger partial charge is 0.290 e. The molecule has 2 aromatic carbocycles. The van der Waals surface area contributed by atoms with Gasteiger partial charge in [0.2, 0.25) is 5.16 Å². The Balaban J connectivity index is 1.72. The number of H-pyrrole nitrogens is 1. The van der Waals surface area contributed by atoms with E-state index >= 15 is 0 Å². The molecule has 0 radical (unpaired) electrons. The number of rotatable bonds is 6. The van der Waals surface area contributed by atoms with E-state index in [-0.39, 0.29) is 5.56 Å². The second-order valence-electron chi connectivity index (χ2n) is 6.11. The molecule has 2 heterocycles. The Morgan fingerprint density at radius 2 is 1.90 bits per heavy atom. The monoisotopic (exact) mass is 428 g/mol. The largest absolute Gasteiger partial charge is 0.493 e. The standard InChI is InChI=1S/C20H17ClN4O3S/c1-27-17-8-7-12(9-18(17)28-2)15-10-16-19(26)22-23-20(25(16)24-15)29-11-13-5-3-4-6-14(13)21/h3-10H,11H2,1-2H3,(H,22,26). The lowest BCUT2D eigenvalue weighted by atomic mass is 10.1. The van der Waals surface area contributed by atoms with Gasteiger partial charge in [0.15, 0.2) is 11.5 Å². The number of aromatic amines is 1. The van der Waals surface area contributed by atoms with Gasteiger partial charge in [-0.2, -0.15) is 5.10 Å². The third-order valence-electron chi connectivity index (χ3n) is 4.37. The summed E-state index contributed by atoms with van der Waals surface area (Å²) in [5.74, 6) is 1.80. The van der Waals surface area contributed by atoms with Crippen molar-refractivity contribution in [3.05, 3.63) is 69.5 Å². The van der Waals surface area contributed by atoms with E-state index in [1.54, 1.807) is 30.9 Å². The highest BCUT2D eigenvalue weighted by Gasteiger charge is 2.14. The minimum atomic E-state index is -0.314. The van der Waals surface area contributed by atoms with Gasteiger partial charge >= 0.3 is 0 Å². The molecule has 0 saturated heterocycles. The quantitative estimate of drug-likeness (QED) is 0.466. The van der Waals surface area contributed by atoms with E-state index in [1.807, 2.05) is 36.4 Å². The average molecular weight is 429 g/mol. The predicted molar refractivity (Wildman–Crippen MR) is 113 cm³/mol.